The van der Waals surface area contributed by atoms with Crippen molar-refractivity contribution >= 4 is 79.1 Å². The van der Waals surface area contributed by atoms with Gasteiger partial charge in [-0.25, -0.2) is 0 Å². The van der Waals surface area contributed by atoms with Crippen molar-refractivity contribution in [1.82, 2.24) is 19.4 Å². The van der Waals surface area contributed by atoms with Crippen LogP contribution in [0.5, 0.6) is 17.2 Å². The number of aromatic amines is 2. The average Bonchev–Trinajstić information content (AvgIpc) is 4.04. The van der Waals surface area contributed by atoms with Crippen LogP contribution in [-0.4, -0.2) is 61.2 Å². The molecule has 0 aliphatic carbocycles. The van der Waals surface area contributed by atoms with E-state index in [-0.39, 0.29) is 24.3 Å². The molecular formula is C62H64Cl4N4O3. The average molecular weight is 1060 g/mol. The van der Waals surface area contributed by atoms with Gasteiger partial charge in [0.05, 0.1) is 32.3 Å². The third kappa shape index (κ3) is 13.8. The molecule has 378 valence electrons. The summed E-state index contributed by atoms with van der Waals surface area (Å²) >= 11 is 22.8. The van der Waals surface area contributed by atoms with Gasteiger partial charge >= 0.3 is 0 Å². The van der Waals surface area contributed by atoms with E-state index >= 15 is 0 Å². The second-order valence-corrected chi connectivity index (χ2v) is 19.9. The summed E-state index contributed by atoms with van der Waals surface area (Å²) in [5, 5.41) is 24.5. The van der Waals surface area contributed by atoms with Crippen LogP contribution in [0.3, 0.4) is 0 Å². The minimum absolute atomic E-state index is 0. The maximum Gasteiger partial charge on any atom is 0.119 e. The summed E-state index contributed by atoms with van der Waals surface area (Å²) in [6.07, 6.45) is 3.92. The molecule has 4 heterocycles. The lowest BCUT2D eigenvalue weighted by Gasteiger charge is -2.26. The van der Waals surface area contributed by atoms with Crippen LogP contribution in [0.25, 0.3) is 66.5 Å². The molecule has 11 heteroatoms. The minimum Gasteiger partial charge on any atom is -0.508 e. The summed E-state index contributed by atoms with van der Waals surface area (Å²) in [7, 11) is 0. The van der Waals surface area contributed by atoms with Crippen LogP contribution in [-0.2, 0) is 6.54 Å². The number of aromatic hydroxyl groups is 2. The van der Waals surface area contributed by atoms with Gasteiger partial charge in [0.25, 0.3) is 0 Å². The Bertz CT molecular complexity index is 3350. The van der Waals surface area contributed by atoms with Crippen LogP contribution in [0, 0.1) is 27.7 Å². The number of halogens is 4. The summed E-state index contributed by atoms with van der Waals surface area (Å²) in [5.74, 6) is 1.26. The van der Waals surface area contributed by atoms with Crippen molar-refractivity contribution in [2.24, 2.45) is 0 Å². The van der Waals surface area contributed by atoms with Crippen LogP contribution in [0.15, 0.2) is 158 Å². The molecule has 1 fully saturated rings. The Labute approximate surface area is 449 Å². The molecule has 3 aromatic heterocycles. The van der Waals surface area contributed by atoms with Gasteiger partial charge in [-0.3, -0.25) is 4.90 Å². The van der Waals surface area contributed by atoms with Gasteiger partial charge in [-0.2, -0.15) is 0 Å². The van der Waals surface area contributed by atoms with Crippen molar-refractivity contribution in [1.29, 1.82) is 0 Å². The van der Waals surface area contributed by atoms with Gasteiger partial charge < -0.3 is 29.5 Å². The van der Waals surface area contributed by atoms with Crippen LogP contribution in [0.2, 0.25) is 10.0 Å². The number of hydrogen-bond donors (Lipinski definition) is 4. The van der Waals surface area contributed by atoms with Gasteiger partial charge in [-0.05, 0) is 161 Å². The van der Waals surface area contributed by atoms with Crippen molar-refractivity contribution in [3.8, 4) is 51.0 Å². The van der Waals surface area contributed by atoms with E-state index in [0.29, 0.717) is 18.2 Å². The summed E-state index contributed by atoms with van der Waals surface area (Å²) in [6.45, 7) is 13.0. The maximum atomic E-state index is 10.0. The highest BCUT2D eigenvalue weighted by Gasteiger charge is 2.19. The second-order valence-electron chi connectivity index (χ2n) is 18.4. The zero-order chi connectivity index (χ0) is 50.7. The molecule has 4 N–H and O–H groups in total. The third-order valence-electron chi connectivity index (χ3n) is 12.9. The summed E-state index contributed by atoms with van der Waals surface area (Å²) < 4.78 is 8.13. The van der Waals surface area contributed by atoms with Gasteiger partial charge in [-0.1, -0.05) is 132 Å². The lowest BCUT2D eigenvalue weighted by Crippen LogP contribution is -2.33. The van der Waals surface area contributed by atoms with E-state index in [4.69, 9.17) is 51.1 Å². The fraction of sp³-hybridized carbons (Fsp3) is 0.226. The Morgan fingerprint density at radius 2 is 1.12 bits per heavy atom. The van der Waals surface area contributed by atoms with Gasteiger partial charge in [-0.15, -0.1) is 23.2 Å². The minimum atomic E-state index is 0. The number of rotatable bonds is 9. The Morgan fingerprint density at radius 1 is 0.548 bits per heavy atom. The number of phenols is 2. The number of phenolic OH excluding ortho intramolecular Hbond substituents is 2. The normalized spacial score (nSPS) is 12.3. The second kappa shape index (κ2) is 25.6. The molecule has 1 aliphatic heterocycles. The quantitative estimate of drug-likeness (QED) is 0.108. The number of likely N-dealkylation sites (tertiary alicyclic amines) is 1. The van der Waals surface area contributed by atoms with E-state index in [1.165, 1.54) is 76.8 Å². The Morgan fingerprint density at radius 3 is 1.78 bits per heavy atom. The summed E-state index contributed by atoms with van der Waals surface area (Å²) in [5.41, 5.74) is 15.7. The van der Waals surface area contributed by atoms with Gasteiger partial charge in [0.1, 0.15) is 23.9 Å². The van der Waals surface area contributed by atoms with Crippen molar-refractivity contribution in [3.05, 3.63) is 196 Å². The van der Waals surface area contributed by atoms with E-state index in [1.807, 2.05) is 30.3 Å². The summed E-state index contributed by atoms with van der Waals surface area (Å²) in [6, 6.07) is 52.5. The largest absolute Gasteiger partial charge is 0.508 e. The smallest absolute Gasteiger partial charge is 0.119 e. The van der Waals surface area contributed by atoms with E-state index in [2.05, 4.69) is 150 Å². The van der Waals surface area contributed by atoms with Gasteiger partial charge in [0.2, 0.25) is 0 Å². The van der Waals surface area contributed by atoms with Crippen molar-refractivity contribution in [2.75, 3.05) is 31.6 Å². The lowest BCUT2D eigenvalue weighted by molar-refractivity contribution is 0.183. The fourth-order valence-corrected chi connectivity index (χ4v) is 9.72. The number of H-pyrrole nitrogens is 2. The number of nitrogens with zero attached hydrogens (tertiary/aromatic N) is 2. The molecule has 0 unspecified atom stereocenters. The number of fused-ring (bicyclic) bond motifs is 3. The highest BCUT2D eigenvalue weighted by Crippen LogP contribution is 2.40. The molecule has 11 rings (SSSR count). The molecule has 7 aromatic carbocycles. The Kier molecular flexibility index (Phi) is 19.1. The highest BCUT2D eigenvalue weighted by atomic mass is 35.5. The van der Waals surface area contributed by atoms with Crippen molar-refractivity contribution in [2.45, 2.75) is 60.9 Å². The molecule has 1 aliphatic rings. The number of piperidine rings is 1. The predicted octanol–water partition coefficient (Wildman–Crippen LogP) is 17.9. The Balaban J connectivity index is 0.000000168. The van der Waals surface area contributed by atoms with Crippen LogP contribution in [0.1, 0.15) is 54.5 Å². The number of alkyl halides is 2. The van der Waals surface area contributed by atoms with Crippen LogP contribution >= 0.6 is 46.4 Å². The van der Waals surface area contributed by atoms with Gasteiger partial charge in [0, 0.05) is 46.0 Å². The third-order valence-corrected chi connectivity index (χ3v) is 13.7. The maximum absolute atomic E-state index is 10.0. The standard InChI is InChI=1S/C28H29ClN2O3.C16H14ClN.C16H15N.CH2Cl2.CH4/c29-27-25-18-23(33)10-13-26(25)31(28(27)21-6-8-22(32)9-7-21)19-20-4-11-24(12-5-20)34-17-16-30-14-2-1-3-15-30;1-10-3-6-12(7-4-10)16-15(17)13-9-11(2)5-8-14(13)18-16;1-11-3-6-13(7-4-11)16-10-14-9-12(2)5-8-15(14)17-16;2-1-3;/h4-13,18,32-33H,1-3,14-17,19H2;3-9,18H,1-2H3;3-10,17H,1-2H3;1H2;1H4. The van der Waals surface area contributed by atoms with E-state index in [1.54, 1.807) is 24.3 Å². The zero-order valence-electron chi connectivity index (χ0n) is 41.1. The monoisotopic (exact) mass is 1050 g/mol. The number of hydrogen-bond acceptors (Lipinski definition) is 4. The summed E-state index contributed by atoms with van der Waals surface area (Å²) in [4.78, 5) is 9.33. The molecule has 0 bridgehead atoms. The highest BCUT2D eigenvalue weighted by molar-refractivity contribution is 6.40. The Hall–Kier alpha value is -6.32. The molecule has 0 amide bonds. The van der Waals surface area contributed by atoms with Crippen LogP contribution < -0.4 is 4.74 Å². The first-order chi connectivity index (χ1) is 34.9. The predicted molar refractivity (Wildman–Crippen MR) is 312 cm³/mol. The van der Waals surface area contributed by atoms with E-state index < -0.39 is 0 Å². The lowest BCUT2D eigenvalue weighted by atomic mass is 10.1. The van der Waals surface area contributed by atoms with E-state index in [9.17, 15) is 10.2 Å². The molecule has 0 atom stereocenters. The first-order valence-corrected chi connectivity index (χ1v) is 26.1. The molecule has 1 saturated heterocycles. The van der Waals surface area contributed by atoms with Gasteiger partial charge in [0.15, 0.2) is 0 Å². The number of nitrogens with one attached hydrogen (secondary N) is 2. The first-order valence-electron chi connectivity index (χ1n) is 24.2. The zero-order valence-corrected chi connectivity index (χ0v) is 44.1. The number of ether oxygens (including phenoxy) is 1. The van der Waals surface area contributed by atoms with Crippen molar-refractivity contribution in [3.63, 3.8) is 0 Å². The SMILES string of the molecule is C.Cc1ccc(-c2[nH]c3ccc(C)cc3c2Cl)cc1.Cc1ccc(-c2cc3cc(C)ccc3[nH]2)cc1.ClCCl.Oc1ccc(-c2c(Cl)c3cc(O)ccc3n2Cc2ccc(OCCN3CCCCC3)cc2)cc1. The topological polar surface area (TPSA) is 89.4 Å². The number of aromatic nitrogens is 3. The molecule has 7 nitrogen and oxygen atoms in total. The van der Waals surface area contributed by atoms with Crippen LogP contribution in [0.4, 0.5) is 0 Å². The molecule has 0 saturated carbocycles. The molecule has 0 spiro atoms. The molecular weight excluding hydrogens is 991 g/mol. The molecule has 73 heavy (non-hydrogen) atoms. The number of aryl methyl sites for hydroxylation is 4. The molecule has 10 aromatic rings. The molecule has 0 radical (unpaired) electrons. The van der Waals surface area contributed by atoms with E-state index in [0.717, 1.165) is 67.2 Å². The number of benzene rings is 7. The fourth-order valence-electron chi connectivity index (χ4n) is 9.05. The first kappa shape index (κ1) is 54.5. The van der Waals surface area contributed by atoms with Crippen molar-refractivity contribution < 1.29 is 14.9 Å².